The minimum absolute atomic E-state index is 0.173. The lowest BCUT2D eigenvalue weighted by atomic mass is 9.95. The highest BCUT2D eigenvalue weighted by atomic mass is 32.2. The average molecular weight is 362 g/mol. The molecular formula is C20H31N3OS. The van der Waals surface area contributed by atoms with Gasteiger partial charge in [0.1, 0.15) is 0 Å². The molecule has 2 aliphatic rings. The molecule has 0 saturated carbocycles. The molecule has 25 heavy (non-hydrogen) atoms. The second-order valence-electron chi connectivity index (χ2n) is 7.38. The molecule has 2 fully saturated rings. The van der Waals surface area contributed by atoms with Crippen molar-refractivity contribution in [3.05, 3.63) is 35.9 Å². The van der Waals surface area contributed by atoms with Gasteiger partial charge in [-0.15, -0.1) is 0 Å². The van der Waals surface area contributed by atoms with Crippen molar-refractivity contribution in [2.24, 2.45) is 5.92 Å². The molecule has 5 heteroatoms. The SMILES string of the molecule is CC1CCN(C(CNC(=O)CC2CSCCN2)c2ccccc2)CC1. The largest absolute Gasteiger partial charge is 0.354 e. The lowest BCUT2D eigenvalue weighted by molar-refractivity contribution is -0.121. The Labute approximate surface area is 156 Å². The highest BCUT2D eigenvalue weighted by Gasteiger charge is 2.25. The molecule has 0 bridgehead atoms. The molecule has 2 N–H and O–H groups in total. The Hall–Kier alpha value is -1.04. The van der Waals surface area contributed by atoms with E-state index in [1.165, 1.54) is 18.4 Å². The molecule has 2 saturated heterocycles. The predicted octanol–water partition coefficient (Wildman–Crippen LogP) is 2.67. The predicted molar refractivity (Wildman–Crippen MR) is 106 cm³/mol. The van der Waals surface area contributed by atoms with Crippen molar-refractivity contribution in [1.29, 1.82) is 0 Å². The van der Waals surface area contributed by atoms with Crippen LogP contribution in [0.15, 0.2) is 30.3 Å². The van der Waals surface area contributed by atoms with Gasteiger partial charge in [0, 0.05) is 37.1 Å². The lowest BCUT2D eigenvalue weighted by Gasteiger charge is -2.37. The van der Waals surface area contributed by atoms with E-state index in [0.29, 0.717) is 19.0 Å². The van der Waals surface area contributed by atoms with Crippen molar-refractivity contribution in [3.63, 3.8) is 0 Å². The van der Waals surface area contributed by atoms with Gasteiger partial charge in [-0.3, -0.25) is 9.69 Å². The minimum Gasteiger partial charge on any atom is -0.354 e. The highest BCUT2D eigenvalue weighted by Crippen LogP contribution is 2.26. The van der Waals surface area contributed by atoms with Crippen molar-refractivity contribution < 1.29 is 4.79 Å². The zero-order valence-corrected chi connectivity index (χ0v) is 16.1. The molecule has 1 amide bonds. The van der Waals surface area contributed by atoms with Crippen LogP contribution in [0.2, 0.25) is 0 Å². The van der Waals surface area contributed by atoms with Crippen molar-refractivity contribution in [3.8, 4) is 0 Å². The van der Waals surface area contributed by atoms with Gasteiger partial charge < -0.3 is 10.6 Å². The highest BCUT2D eigenvalue weighted by molar-refractivity contribution is 7.99. The maximum atomic E-state index is 12.4. The van der Waals surface area contributed by atoms with Crippen LogP contribution in [-0.2, 0) is 4.79 Å². The number of likely N-dealkylation sites (tertiary alicyclic amines) is 1. The van der Waals surface area contributed by atoms with E-state index in [-0.39, 0.29) is 11.9 Å². The molecule has 2 unspecified atom stereocenters. The van der Waals surface area contributed by atoms with Crippen molar-refractivity contribution in [2.45, 2.75) is 38.3 Å². The number of carbonyl (C=O) groups is 1. The second kappa shape index (κ2) is 9.60. The number of hydrogen-bond acceptors (Lipinski definition) is 4. The van der Waals surface area contributed by atoms with Crippen LogP contribution in [0, 0.1) is 5.92 Å². The first-order chi connectivity index (χ1) is 12.2. The normalized spacial score (nSPS) is 24.0. The lowest BCUT2D eigenvalue weighted by Crippen LogP contribution is -2.44. The summed E-state index contributed by atoms with van der Waals surface area (Å²) in [6.07, 6.45) is 3.09. The minimum atomic E-state index is 0.173. The Morgan fingerprint density at radius 3 is 2.76 bits per heavy atom. The van der Waals surface area contributed by atoms with E-state index in [0.717, 1.165) is 37.1 Å². The van der Waals surface area contributed by atoms with Gasteiger partial charge in [-0.2, -0.15) is 11.8 Å². The first-order valence-corrected chi connectivity index (χ1v) is 10.7. The van der Waals surface area contributed by atoms with Gasteiger partial charge in [0.05, 0.1) is 6.04 Å². The molecule has 2 aliphatic heterocycles. The number of rotatable bonds is 6. The Bertz CT molecular complexity index is 525. The summed E-state index contributed by atoms with van der Waals surface area (Å²) in [5, 5.41) is 6.65. The van der Waals surface area contributed by atoms with Gasteiger partial charge in [-0.05, 0) is 37.4 Å². The molecule has 2 heterocycles. The topological polar surface area (TPSA) is 44.4 Å². The first-order valence-electron chi connectivity index (χ1n) is 9.59. The standard InChI is InChI=1S/C20H31N3OS/c1-16-7-10-23(11-8-16)19(17-5-3-2-4-6-17)14-22-20(24)13-18-15-25-12-9-21-18/h2-6,16,18-19,21H,7-15H2,1H3,(H,22,24). The van der Waals surface area contributed by atoms with E-state index < -0.39 is 0 Å². The van der Waals surface area contributed by atoms with Gasteiger partial charge in [0.25, 0.3) is 0 Å². The average Bonchev–Trinajstić information content (AvgIpc) is 2.65. The Kier molecular flexibility index (Phi) is 7.20. The molecule has 4 nitrogen and oxygen atoms in total. The molecule has 1 aromatic rings. The second-order valence-corrected chi connectivity index (χ2v) is 8.53. The summed E-state index contributed by atoms with van der Waals surface area (Å²) >= 11 is 1.94. The molecule has 138 valence electrons. The van der Waals surface area contributed by atoms with E-state index in [1.807, 2.05) is 11.8 Å². The van der Waals surface area contributed by atoms with Crippen molar-refractivity contribution in [2.75, 3.05) is 37.7 Å². The third kappa shape index (κ3) is 5.73. The maximum Gasteiger partial charge on any atom is 0.221 e. The first kappa shape index (κ1) is 18.7. The van der Waals surface area contributed by atoms with Crippen LogP contribution >= 0.6 is 11.8 Å². The van der Waals surface area contributed by atoms with E-state index in [2.05, 4.69) is 52.8 Å². The van der Waals surface area contributed by atoms with E-state index in [4.69, 9.17) is 0 Å². The molecule has 0 spiro atoms. The van der Waals surface area contributed by atoms with E-state index in [1.54, 1.807) is 0 Å². The van der Waals surface area contributed by atoms with Crippen LogP contribution in [0.3, 0.4) is 0 Å². The fraction of sp³-hybridized carbons (Fsp3) is 0.650. The summed E-state index contributed by atoms with van der Waals surface area (Å²) < 4.78 is 0. The van der Waals surface area contributed by atoms with Crippen molar-refractivity contribution in [1.82, 2.24) is 15.5 Å². The maximum absolute atomic E-state index is 12.4. The number of thioether (sulfide) groups is 1. The summed E-state index contributed by atoms with van der Waals surface area (Å²) in [5.74, 6) is 3.18. The molecule has 0 radical (unpaired) electrons. The monoisotopic (exact) mass is 361 g/mol. The number of piperidine rings is 1. The third-order valence-corrected chi connectivity index (χ3v) is 6.50. The van der Waals surface area contributed by atoms with Gasteiger partial charge >= 0.3 is 0 Å². The van der Waals surface area contributed by atoms with Gasteiger partial charge in [-0.25, -0.2) is 0 Å². The summed E-state index contributed by atoms with van der Waals surface area (Å²) in [5.41, 5.74) is 1.31. The van der Waals surface area contributed by atoms with Gasteiger partial charge in [-0.1, -0.05) is 37.3 Å². The number of nitrogens with zero attached hydrogens (tertiary/aromatic N) is 1. The summed E-state index contributed by atoms with van der Waals surface area (Å²) in [6, 6.07) is 11.2. The fourth-order valence-corrected chi connectivity index (χ4v) is 4.68. The number of benzene rings is 1. The number of amides is 1. The van der Waals surface area contributed by atoms with E-state index in [9.17, 15) is 4.79 Å². The molecule has 2 atom stereocenters. The van der Waals surface area contributed by atoms with Crippen LogP contribution in [-0.4, -0.2) is 54.5 Å². The number of hydrogen-bond donors (Lipinski definition) is 2. The molecular weight excluding hydrogens is 330 g/mol. The molecule has 0 aliphatic carbocycles. The van der Waals surface area contributed by atoms with Crippen molar-refractivity contribution >= 4 is 17.7 Å². The zero-order valence-electron chi connectivity index (χ0n) is 15.2. The summed E-state index contributed by atoms with van der Waals surface area (Å²) in [4.78, 5) is 14.9. The molecule has 3 rings (SSSR count). The fourth-order valence-electron chi connectivity index (χ4n) is 3.73. The van der Waals surface area contributed by atoms with Crippen LogP contribution in [0.5, 0.6) is 0 Å². The summed E-state index contributed by atoms with van der Waals surface area (Å²) in [6.45, 7) is 6.30. The van der Waals surface area contributed by atoms with E-state index >= 15 is 0 Å². The van der Waals surface area contributed by atoms with Crippen LogP contribution in [0.1, 0.15) is 37.8 Å². The Morgan fingerprint density at radius 1 is 1.32 bits per heavy atom. The number of nitrogens with one attached hydrogen (secondary N) is 2. The Balaban J connectivity index is 1.56. The Morgan fingerprint density at radius 2 is 2.08 bits per heavy atom. The summed E-state index contributed by atoms with van der Waals surface area (Å²) in [7, 11) is 0. The van der Waals surface area contributed by atoms with Crippen LogP contribution in [0.4, 0.5) is 0 Å². The quantitative estimate of drug-likeness (QED) is 0.818. The van der Waals surface area contributed by atoms with Crippen LogP contribution < -0.4 is 10.6 Å². The number of carbonyl (C=O) groups excluding carboxylic acids is 1. The third-order valence-electron chi connectivity index (χ3n) is 5.37. The van der Waals surface area contributed by atoms with Gasteiger partial charge in [0.2, 0.25) is 5.91 Å². The molecule has 1 aromatic carbocycles. The zero-order chi connectivity index (χ0) is 17.5. The van der Waals surface area contributed by atoms with Crippen LogP contribution in [0.25, 0.3) is 0 Å². The van der Waals surface area contributed by atoms with Gasteiger partial charge in [0.15, 0.2) is 0 Å². The molecule has 0 aromatic heterocycles. The smallest absolute Gasteiger partial charge is 0.221 e.